The number of rotatable bonds is 6. The average Bonchev–Trinajstić information content (AvgIpc) is 2.54. The highest BCUT2D eigenvalue weighted by Gasteiger charge is 2.15. The van der Waals surface area contributed by atoms with Crippen LogP contribution in [0.2, 0.25) is 0 Å². The van der Waals surface area contributed by atoms with Gasteiger partial charge >= 0.3 is 0 Å². The Balaban J connectivity index is 2.34. The van der Waals surface area contributed by atoms with Crippen molar-refractivity contribution in [1.29, 1.82) is 0 Å². The summed E-state index contributed by atoms with van der Waals surface area (Å²) in [5.74, 6) is 2.13. The Morgan fingerprint density at radius 1 is 1.05 bits per heavy atom. The molecule has 0 amide bonds. The van der Waals surface area contributed by atoms with Crippen LogP contribution in [0.1, 0.15) is 22.8 Å². The van der Waals surface area contributed by atoms with Crippen LogP contribution in [0.3, 0.4) is 0 Å². The van der Waals surface area contributed by atoms with Gasteiger partial charge in [-0.25, -0.2) is 0 Å². The number of ketones is 1. The molecule has 21 heavy (non-hydrogen) atoms. The van der Waals surface area contributed by atoms with E-state index in [1.54, 1.807) is 44.2 Å². The van der Waals surface area contributed by atoms with Crippen molar-refractivity contribution in [3.8, 4) is 11.5 Å². The molecule has 0 saturated heterocycles. The van der Waals surface area contributed by atoms with E-state index in [4.69, 9.17) is 9.47 Å². The number of hydrogen-bond donors (Lipinski definition) is 0. The van der Waals surface area contributed by atoms with E-state index in [2.05, 4.69) is 6.92 Å². The number of methoxy groups -OCH3 is 2. The minimum Gasteiger partial charge on any atom is -0.497 e. The molecule has 0 aliphatic heterocycles. The second kappa shape index (κ2) is 7.18. The predicted octanol–water partition coefficient (Wildman–Crippen LogP) is 4.05. The molecule has 0 atom stereocenters. The second-order valence-electron chi connectivity index (χ2n) is 4.35. The smallest absolute Gasteiger partial charge is 0.196 e. The Kier molecular flexibility index (Phi) is 5.28. The van der Waals surface area contributed by atoms with Crippen molar-refractivity contribution in [3.63, 3.8) is 0 Å². The van der Waals surface area contributed by atoms with E-state index in [9.17, 15) is 4.79 Å². The predicted molar refractivity (Wildman–Crippen MR) is 85.8 cm³/mol. The molecule has 0 radical (unpaired) electrons. The number of carbonyl (C=O) groups is 1. The zero-order valence-corrected chi connectivity index (χ0v) is 13.2. The van der Waals surface area contributed by atoms with E-state index in [1.165, 1.54) is 0 Å². The maximum Gasteiger partial charge on any atom is 0.196 e. The summed E-state index contributed by atoms with van der Waals surface area (Å²) in [7, 11) is 3.13. The van der Waals surface area contributed by atoms with Crippen LogP contribution in [0, 0.1) is 0 Å². The number of thioether (sulfide) groups is 1. The van der Waals surface area contributed by atoms with Gasteiger partial charge in [-0.3, -0.25) is 4.79 Å². The molecular formula is C17H18O3S. The lowest BCUT2D eigenvalue weighted by Gasteiger charge is -2.10. The lowest BCUT2D eigenvalue weighted by Crippen LogP contribution is -2.04. The van der Waals surface area contributed by atoms with Crippen molar-refractivity contribution < 1.29 is 14.3 Å². The van der Waals surface area contributed by atoms with Crippen LogP contribution in [0.15, 0.2) is 47.4 Å². The number of carbonyl (C=O) groups excluding carboxylic acids is 1. The second-order valence-corrected chi connectivity index (χ2v) is 5.69. The number of ether oxygens (including phenoxy) is 2. The van der Waals surface area contributed by atoms with E-state index < -0.39 is 0 Å². The lowest BCUT2D eigenvalue weighted by atomic mass is 10.0. The topological polar surface area (TPSA) is 35.5 Å². The van der Waals surface area contributed by atoms with Gasteiger partial charge in [0.05, 0.1) is 19.8 Å². The van der Waals surface area contributed by atoms with Crippen molar-refractivity contribution >= 4 is 17.5 Å². The van der Waals surface area contributed by atoms with Gasteiger partial charge in [0.1, 0.15) is 11.5 Å². The Hall–Kier alpha value is -1.94. The molecule has 2 aromatic carbocycles. The van der Waals surface area contributed by atoms with E-state index in [1.807, 2.05) is 24.3 Å². The lowest BCUT2D eigenvalue weighted by molar-refractivity contribution is 0.103. The van der Waals surface area contributed by atoms with Gasteiger partial charge in [0.2, 0.25) is 0 Å². The molecule has 4 heteroatoms. The van der Waals surface area contributed by atoms with Crippen LogP contribution >= 0.6 is 11.8 Å². The Bertz CT molecular complexity index is 620. The quantitative estimate of drug-likeness (QED) is 0.596. The zero-order valence-electron chi connectivity index (χ0n) is 12.4. The fourth-order valence-electron chi connectivity index (χ4n) is 2.02. The first kappa shape index (κ1) is 15.4. The molecule has 0 aliphatic rings. The molecule has 2 rings (SSSR count). The first-order chi connectivity index (χ1) is 10.2. The molecule has 2 aromatic rings. The summed E-state index contributed by atoms with van der Waals surface area (Å²) in [6.45, 7) is 2.10. The van der Waals surface area contributed by atoms with Crippen molar-refractivity contribution in [2.45, 2.75) is 11.8 Å². The summed E-state index contributed by atoms with van der Waals surface area (Å²) >= 11 is 1.75. The first-order valence-electron chi connectivity index (χ1n) is 6.69. The van der Waals surface area contributed by atoms with Gasteiger partial charge in [-0.05, 0) is 48.2 Å². The monoisotopic (exact) mass is 302 g/mol. The van der Waals surface area contributed by atoms with Gasteiger partial charge in [0.15, 0.2) is 5.78 Å². The third kappa shape index (κ3) is 3.58. The van der Waals surface area contributed by atoms with Crippen LogP contribution in [0.25, 0.3) is 0 Å². The molecule has 0 bridgehead atoms. The Labute approximate surface area is 129 Å². The summed E-state index contributed by atoms with van der Waals surface area (Å²) in [5.41, 5.74) is 1.15. The van der Waals surface area contributed by atoms with Crippen LogP contribution in [-0.4, -0.2) is 25.8 Å². The zero-order chi connectivity index (χ0) is 15.2. The SMILES string of the molecule is CCSc1ccc(C(=O)c2cc(OC)ccc2OC)cc1. The van der Waals surface area contributed by atoms with Crippen LogP contribution < -0.4 is 9.47 Å². The maximum atomic E-state index is 12.6. The highest BCUT2D eigenvalue weighted by molar-refractivity contribution is 7.99. The van der Waals surface area contributed by atoms with Gasteiger partial charge in [-0.15, -0.1) is 11.8 Å². The van der Waals surface area contributed by atoms with Crippen LogP contribution in [0.4, 0.5) is 0 Å². The maximum absolute atomic E-state index is 12.6. The fourth-order valence-corrected chi connectivity index (χ4v) is 2.68. The van der Waals surface area contributed by atoms with Gasteiger partial charge in [-0.1, -0.05) is 6.92 Å². The third-order valence-electron chi connectivity index (χ3n) is 3.08. The van der Waals surface area contributed by atoms with E-state index in [0.717, 1.165) is 10.6 Å². The van der Waals surface area contributed by atoms with E-state index >= 15 is 0 Å². The fraction of sp³-hybridized carbons (Fsp3) is 0.235. The summed E-state index contributed by atoms with van der Waals surface area (Å²) < 4.78 is 10.4. The molecule has 3 nitrogen and oxygen atoms in total. The number of hydrogen-bond acceptors (Lipinski definition) is 4. The summed E-state index contributed by atoms with van der Waals surface area (Å²) in [5, 5.41) is 0. The van der Waals surface area contributed by atoms with Crippen molar-refractivity contribution in [1.82, 2.24) is 0 Å². The van der Waals surface area contributed by atoms with Gasteiger partial charge < -0.3 is 9.47 Å². The normalized spacial score (nSPS) is 10.2. The molecule has 0 aliphatic carbocycles. The number of benzene rings is 2. The summed E-state index contributed by atoms with van der Waals surface area (Å²) in [6.07, 6.45) is 0. The molecule has 0 saturated carbocycles. The minimum atomic E-state index is -0.0706. The van der Waals surface area contributed by atoms with E-state index in [0.29, 0.717) is 22.6 Å². The molecule has 110 valence electrons. The third-order valence-corrected chi connectivity index (χ3v) is 3.97. The molecule has 0 heterocycles. The molecule has 0 spiro atoms. The highest BCUT2D eigenvalue weighted by atomic mass is 32.2. The molecular weight excluding hydrogens is 284 g/mol. The standard InChI is InChI=1S/C17H18O3S/c1-4-21-14-8-5-12(6-9-14)17(18)15-11-13(19-2)7-10-16(15)20-3/h5-11H,4H2,1-3H3. The minimum absolute atomic E-state index is 0.0706. The highest BCUT2D eigenvalue weighted by Crippen LogP contribution is 2.27. The summed E-state index contributed by atoms with van der Waals surface area (Å²) in [6, 6.07) is 12.8. The van der Waals surface area contributed by atoms with Gasteiger partial charge in [0.25, 0.3) is 0 Å². The largest absolute Gasteiger partial charge is 0.497 e. The van der Waals surface area contributed by atoms with Crippen LogP contribution in [-0.2, 0) is 0 Å². The van der Waals surface area contributed by atoms with Crippen molar-refractivity contribution in [2.75, 3.05) is 20.0 Å². The van der Waals surface area contributed by atoms with Crippen molar-refractivity contribution in [2.24, 2.45) is 0 Å². The average molecular weight is 302 g/mol. The first-order valence-corrected chi connectivity index (χ1v) is 7.67. The molecule has 0 N–H and O–H groups in total. The summed E-state index contributed by atoms with van der Waals surface area (Å²) in [4.78, 5) is 13.8. The van der Waals surface area contributed by atoms with E-state index in [-0.39, 0.29) is 5.78 Å². The van der Waals surface area contributed by atoms with Crippen molar-refractivity contribution in [3.05, 3.63) is 53.6 Å². The van der Waals surface area contributed by atoms with Crippen LogP contribution in [0.5, 0.6) is 11.5 Å². The van der Waals surface area contributed by atoms with Gasteiger partial charge in [-0.2, -0.15) is 0 Å². The van der Waals surface area contributed by atoms with Gasteiger partial charge in [0, 0.05) is 10.5 Å². The Morgan fingerprint density at radius 3 is 2.33 bits per heavy atom. The molecule has 0 fully saturated rings. The Morgan fingerprint density at radius 2 is 1.76 bits per heavy atom. The molecule has 0 unspecified atom stereocenters. The molecule has 0 aromatic heterocycles.